The Morgan fingerprint density at radius 3 is 2.45 bits per heavy atom. The fourth-order valence-corrected chi connectivity index (χ4v) is 7.95. The third-order valence-corrected chi connectivity index (χ3v) is 11.1. The van der Waals surface area contributed by atoms with Gasteiger partial charge in [0.2, 0.25) is 10.0 Å². The zero-order valence-electron chi connectivity index (χ0n) is 22.6. The molecule has 4 rings (SSSR count). The highest BCUT2D eigenvalue weighted by Crippen LogP contribution is 2.47. The number of hydrogen-bond acceptors (Lipinski definition) is 8. The largest absolute Gasteiger partial charge is 0.506 e. The number of carbonyl (C=O) groups excluding carboxylic acids is 1. The minimum Gasteiger partial charge on any atom is -0.506 e. The van der Waals surface area contributed by atoms with E-state index in [1.54, 1.807) is 24.6 Å². The second kappa shape index (κ2) is 9.29. The van der Waals surface area contributed by atoms with Gasteiger partial charge in [-0.3, -0.25) is 4.79 Å². The van der Waals surface area contributed by atoms with Gasteiger partial charge in [0.25, 0.3) is 10.0 Å². The van der Waals surface area contributed by atoms with E-state index >= 15 is 0 Å². The number of nitrogens with zero attached hydrogens (tertiary/aromatic N) is 3. The van der Waals surface area contributed by atoms with E-state index in [-0.39, 0.29) is 34.0 Å². The average Bonchev–Trinajstić information content (AvgIpc) is 3.24. The Balaban J connectivity index is 1.86. The fourth-order valence-electron chi connectivity index (χ4n) is 4.77. The standard InChI is InChI=1S/C26H33N3O6S3/c1-25(2,3)12-13-26(4)18-11-9-8-10-17(18)20(30)19(22(26)31)23-27-38(34,35)21-16(14-28(5)37(7,32)33)15-36-24(21)29(23)6/h8-11,15,30H,12-14H2,1-7H3/t26-/m0/s1. The number of thiophene rings is 1. The molecule has 2 aromatic rings. The summed E-state index contributed by atoms with van der Waals surface area (Å²) in [6.45, 7) is 7.96. The Morgan fingerprint density at radius 1 is 1.21 bits per heavy atom. The molecule has 1 atom stereocenters. The summed E-state index contributed by atoms with van der Waals surface area (Å²) in [4.78, 5) is 15.6. The summed E-state index contributed by atoms with van der Waals surface area (Å²) in [6, 6.07) is 7.13. The quantitative estimate of drug-likeness (QED) is 0.541. The van der Waals surface area contributed by atoms with Crippen molar-refractivity contribution >= 4 is 53.8 Å². The molecule has 0 bridgehead atoms. The summed E-state index contributed by atoms with van der Waals surface area (Å²) in [7, 11) is -4.90. The molecule has 38 heavy (non-hydrogen) atoms. The van der Waals surface area contributed by atoms with Gasteiger partial charge < -0.3 is 10.0 Å². The Bertz CT molecular complexity index is 1600. The number of aliphatic hydroxyl groups is 1. The number of aliphatic hydroxyl groups excluding tert-OH is 1. The number of anilines is 1. The van der Waals surface area contributed by atoms with Crippen LogP contribution < -0.4 is 4.90 Å². The number of carbonyl (C=O) groups is 1. The lowest BCUT2D eigenvalue weighted by molar-refractivity contribution is -0.120. The maximum atomic E-state index is 14.2. The number of ketones is 1. The van der Waals surface area contributed by atoms with Crippen molar-refractivity contribution in [3.8, 4) is 0 Å². The zero-order chi connectivity index (χ0) is 28.4. The van der Waals surface area contributed by atoms with E-state index in [2.05, 4.69) is 25.2 Å². The van der Waals surface area contributed by atoms with Crippen LogP contribution in [0.15, 0.2) is 44.5 Å². The number of Topliss-reactive ketones (excluding diaryl/α,β-unsaturated/α-hetero) is 1. The highest BCUT2D eigenvalue weighted by atomic mass is 32.2. The first-order valence-electron chi connectivity index (χ1n) is 12.1. The van der Waals surface area contributed by atoms with Gasteiger partial charge in [-0.1, -0.05) is 45.0 Å². The van der Waals surface area contributed by atoms with Gasteiger partial charge >= 0.3 is 0 Å². The average molecular weight is 580 g/mol. The molecule has 1 aliphatic heterocycles. The molecule has 0 unspecified atom stereocenters. The molecule has 12 heteroatoms. The van der Waals surface area contributed by atoms with E-state index in [9.17, 15) is 26.7 Å². The third-order valence-electron chi connectivity index (χ3n) is 7.19. The first-order chi connectivity index (χ1) is 17.4. The van der Waals surface area contributed by atoms with Crippen LogP contribution in [0.1, 0.15) is 57.2 Å². The molecule has 2 aliphatic rings. The molecule has 2 heterocycles. The molecule has 0 spiro atoms. The summed E-state index contributed by atoms with van der Waals surface area (Å²) in [5.41, 5.74) is 0.268. The molecular formula is C26H33N3O6S3. The Hall–Kier alpha value is -2.54. The van der Waals surface area contributed by atoms with Crippen molar-refractivity contribution in [1.29, 1.82) is 0 Å². The van der Waals surface area contributed by atoms with Crippen molar-refractivity contribution in [2.75, 3.05) is 25.3 Å². The van der Waals surface area contributed by atoms with Gasteiger partial charge in [-0.25, -0.2) is 12.7 Å². The molecule has 1 aromatic carbocycles. The van der Waals surface area contributed by atoms with Crippen LogP contribution >= 0.6 is 11.3 Å². The van der Waals surface area contributed by atoms with Crippen LogP contribution in [0.4, 0.5) is 5.00 Å². The molecule has 1 N–H and O–H groups in total. The molecule has 1 aromatic heterocycles. The first kappa shape index (κ1) is 28.5. The number of benzene rings is 1. The van der Waals surface area contributed by atoms with Crippen molar-refractivity contribution in [1.82, 2.24) is 4.31 Å². The molecule has 0 amide bonds. The van der Waals surface area contributed by atoms with E-state index in [0.717, 1.165) is 28.3 Å². The van der Waals surface area contributed by atoms with Gasteiger partial charge in [-0.15, -0.1) is 15.7 Å². The van der Waals surface area contributed by atoms with Crippen LogP contribution in [0.3, 0.4) is 0 Å². The van der Waals surface area contributed by atoms with E-state index in [1.807, 2.05) is 19.1 Å². The van der Waals surface area contributed by atoms with Crippen LogP contribution in [-0.4, -0.2) is 58.2 Å². The van der Waals surface area contributed by atoms with E-state index in [1.165, 1.54) is 11.9 Å². The number of hydrogen-bond donors (Lipinski definition) is 1. The Morgan fingerprint density at radius 2 is 1.84 bits per heavy atom. The smallest absolute Gasteiger partial charge is 0.287 e. The second-order valence-electron chi connectivity index (χ2n) is 11.4. The monoisotopic (exact) mass is 579 g/mol. The number of sulfonamides is 2. The van der Waals surface area contributed by atoms with Gasteiger partial charge in [0.1, 0.15) is 21.2 Å². The topological polar surface area (TPSA) is 124 Å². The van der Waals surface area contributed by atoms with Gasteiger partial charge in [0.15, 0.2) is 11.6 Å². The molecule has 0 fully saturated rings. The number of likely N-dealkylation sites (N-methyl/N-ethyl adjacent to an activating group) is 1. The van der Waals surface area contributed by atoms with Crippen LogP contribution in [0.25, 0.3) is 5.76 Å². The van der Waals surface area contributed by atoms with E-state index < -0.39 is 31.2 Å². The van der Waals surface area contributed by atoms with Crippen molar-refractivity contribution < 1.29 is 26.7 Å². The van der Waals surface area contributed by atoms with Crippen LogP contribution in [0.5, 0.6) is 0 Å². The second-order valence-corrected chi connectivity index (χ2v) is 15.8. The third kappa shape index (κ3) is 4.83. The van der Waals surface area contributed by atoms with Crippen LogP contribution in [0, 0.1) is 5.41 Å². The number of amidine groups is 1. The molecular weight excluding hydrogens is 547 g/mol. The summed E-state index contributed by atoms with van der Waals surface area (Å²) >= 11 is 1.11. The highest BCUT2D eigenvalue weighted by molar-refractivity contribution is 7.91. The summed E-state index contributed by atoms with van der Waals surface area (Å²) in [5, 5.41) is 13.2. The lowest BCUT2D eigenvalue weighted by atomic mass is 9.65. The predicted molar refractivity (Wildman–Crippen MR) is 151 cm³/mol. The molecule has 9 nitrogen and oxygen atoms in total. The number of rotatable bonds is 6. The summed E-state index contributed by atoms with van der Waals surface area (Å²) in [5.74, 6) is -0.853. The molecule has 206 valence electrons. The van der Waals surface area contributed by atoms with Crippen molar-refractivity contribution in [2.24, 2.45) is 9.81 Å². The number of fused-ring (bicyclic) bond motifs is 2. The summed E-state index contributed by atoms with van der Waals surface area (Å²) < 4.78 is 55.9. The molecule has 0 radical (unpaired) electrons. The maximum absolute atomic E-state index is 14.2. The van der Waals surface area contributed by atoms with Gasteiger partial charge in [0, 0.05) is 31.8 Å². The lowest BCUT2D eigenvalue weighted by Crippen LogP contribution is -2.45. The molecule has 0 saturated carbocycles. The van der Waals surface area contributed by atoms with Gasteiger partial charge in [-0.2, -0.15) is 8.42 Å². The first-order valence-corrected chi connectivity index (χ1v) is 16.2. The molecule has 1 aliphatic carbocycles. The minimum atomic E-state index is -4.31. The SMILES string of the molecule is CN1C(C2=C(O)c3ccccc3[C@](C)(CCC(C)(C)C)C2=O)=NS(=O)(=O)c2c(CN(C)S(C)(=O)=O)csc21. The predicted octanol–water partition coefficient (Wildman–Crippen LogP) is 4.31. The minimum absolute atomic E-state index is 0.0501. The van der Waals surface area contributed by atoms with E-state index in [0.29, 0.717) is 28.1 Å². The van der Waals surface area contributed by atoms with Crippen molar-refractivity contribution in [3.63, 3.8) is 0 Å². The summed E-state index contributed by atoms with van der Waals surface area (Å²) in [6.07, 6.45) is 2.27. The highest BCUT2D eigenvalue weighted by Gasteiger charge is 2.48. The lowest BCUT2D eigenvalue weighted by Gasteiger charge is -2.38. The van der Waals surface area contributed by atoms with Crippen LogP contribution in [-0.2, 0) is 36.8 Å². The molecule has 0 saturated heterocycles. The van der Waals surface area contributed by atoms with Crippen molar-refractivity contribution in [2.45, 2.75) is 57.4 Å². The van der Waals surface area contributed by atoms with Gasteiger partial charge in [0.05, 0.1) is 11.7 Å². The van der Waals surface area contributed by atoms with E-state index in [4.69, 9.17) is 0 Å². The van der Waals surface area contributed by atoms with Crippen LogP contribution in [0.2, 0.25) is 0 Å². The Labute approximate surface area is 228 Å². The zero-order valence-corrected chi connectivity index (χ0v) is 25.0. The normalized spacial score (nSPS) is 21.4. The Kier molecular flexibility index (Phi) is 6.96. The maximum Gasteiger partial charge on any atom is 0.287 e. The fraction of sp³-hybridized carbons (Fsp3) is 0.462. The van der Waals surface area contributed by atoms with Gasteiger partial charge in [-0.05, 0) is 36.1 Å². The van der Waals surface area contributed by atoms with Crippen molar-refractivity contribution in [3.05, 3.63) is 51.9 Å².